The molecule has 1 amide bonds. The average molecular weight is 342 g/mol. The summed E-state index contributed by atoms with van der Waals surface area (Å²) in [6.07, 6.45) is 4.76. The summed E-state index contributed by atoms with van der Waals surface area (Å²) in [5.41, 5.74) is 4.63. The maximum absolute atomic E-state index is 12.2. The quantitative estimate of drug-likeness (QED) is 0.880. The van der Waals surface area contributed by atoms with E-state index >= 15 is 0 Å². The fourth-order valence-corrected chi connectivity index (χ4v) is 3.86. The van der Waals surface area contributed by atoms with Gasteiger partial charge in [-0.2, -0.15) is 9.61 Å². The molecule has 0 atom stereocenters. The van der Waals surface area contributed by atoms with Gasteiger partial charge < -0.3 is 15.1 Å². The zero-order chi connectivity index (χ0) is 17.6. The van der Waals surface area contributed by atoms with Crippen molar-refractivity contribution < 1.29 is 4.79 Å². The predicted molar refractivity (Wildman–Crippen MR) is 97.0 cm³/mol. The van der Waals surface area contributed by atoms with Crippen LogP contribution >= 0.6 is 0 Å². The molecule has 1 fully saturated rings. The zero-order valence-electron chi connectivity index (χ0n) is 15.2. The van der Waals surface area contributed by atoms with E-state index < -0.39 is 0 Å². The molecule has 7 heteroatoms. The van der Waals surface area contributed by atoms with E-state index in [-0.39, 0.29) is 11.8 Å². The van der Waals surface area contributed by atoms with E-state index in [1.54, 1.807) is 4.90 Å². The smallest absolute Gasteiger partial charge is 0.228 e. The van der Waals surface area contributed by atoms with Gasteiger partial charge in [-0.25, -0.2) is 4.98 Å². The minimum Gasteiger partial charge on any atom is -0.354 e. The number of aryl methyl sites for hydroxylation is 1. The third-order valence-electron chi connectivity index (χ3n) is 5.32. The maximum Gasteiger partial charge on any atom is 0.228 e. The number of carbonyl (C=O) groups excluding carboxylic acids is 1. The lowest BCUT2D eigenvalue weighted by Gasteiger charge is -2.41. The van der Waals surface area contributed by atoms with Gasteiger partial charge in [-0.15, -0.1) is 0 Å². The molecule has 2 aliphatic rings. The second-order valence-electron chi connectivity index (χ2n) is 7.20. The Kier molecular flexibility index (Phi) is 4.11. The molecule has 2 aliphatic heterocycles. The van der Waals surface area contributed by atoms with Crippen molar-refractivity contribution in [1.82, 2.24) is 24.8 Å². The highest BCUT2D eigenvalue weighted by Gasteiger charge is 2.37. The number of hydrogen-bond acceptors (Lipinski definition) is 5. The molecule has 4 rings (SSSR count). The Balaban J connectivity index is 1.76. The highest BCUT2D eigenvalue weighted by molar-refractivity contribution is 5.81. The lowest BCUT2D eigenvalue weighted by molar-refractivity contribution is -0.133. The van der Waals surface area contributed by atoms with Crippen LogP contribution < -0.4 is 10.2 Å². The number of nitrogens with one attached hydrogen (secondary N) is 1. The van der Waals surface area contributed by atoms with E-state index in [4.69, 9.17) is 4.98 Å². The highest BCUT2D eigenvalue weighted by atomic mass is 16.2. The number of aromatic nitrogens is 3. The topological polar surface area (TPSA) is 65.8 Å². The minimum absolute atomic E-state index is 0.0824. The van der Waals surface area contributed by atoms with Crippen molar-refractivity contribution in [2.75, 3.05) is 45.2 Å². The van der Waals surface area contributed by atoms with Gasteiger partial charge in [0.15, 0.2) is 5.65 Å². The van der Waals surface area contributed by atoms with Crippen molar-refractivity contribution in [3.8, 4) is 0 Å². The van der Waals surface area contributed by atoms with Crippen molar-refractivity contribution in [3.05, 3.63) is 23.0 Å². The van der Waals surface area contributed by atoms with Gasteiger partial charge in [0.2, 0.25) is 5.91 Å². The molecule has 0 aliphatic carbocycles. The molecule has 0 aromatic carbocycles. The predicted octanol–water partition coefficient (Wildman–Crippen LogP) is 0.504. The number of carbonyl (C=O) groups is 1. The first-order valence-corrected chi connectivity index (χ1v) is 9.15. The third kappa shape index (κ3) is 2.66. The van der Waals surface area contributed by atoms with Crippen LogP contribution in [0.25, 0.3) is 5.65 Å². The molecule has 2 aromatic rings. The first-order chi connectivity index (χ1) is 12.1. The number of anilines is 1. The Bertz CT molecular complexity index is 805. The van der Waals surface area contributed by atoms with Gasteiger partial charge >= 0.3 is 0 Å². The van der Waals surface area contributed by atoms with E-state index in [0.717, 1.165) is 56.9 Å². The van der Waals surface area contributed by atoms with E-state index in [1.165, 1.54) is 16.8 Å². The number of rotatable bonds is 3. The molecule has 4 heterocycles. The normalized spacial score (nSPS) is 18.0. The second-order valence-corrected chi connectivity index (χ2v) is 7.20. The summed E-state index contributed by atoms with van der Waals surface area (Å²) in [6, 6.07) is 0. The SMILES string of the molecule is CCc1cnn2c(N3CC(C(=O)N(C)C)C3)c3c(nc12)CCNCC3. The Morgan fingerprint density at radius 3 is 2.80 bits per heavy atom. The highest BCUT2D eigenvalue weighted by Crippen LogP contribution is 2.32. The van der Waals surface area contributed by atoms with E-state index in [2.05, 4.69) is 22.2 Å². The van der Waals surface area contributed by atoms with Crippen LogP contribution in [-0.2, 0) is 24.1 Å². The number of hydrogen-bond donors (Lipinski definition) is 1. The number of amides is 1. The number of fused-ring (bicyclic) bond motifs is 2. The van der Waals surface area contributed by atoms with Crippen LogP contribution in [0.15, 0.2) is 6.20 Å². The molecule has 1 saturated heterocycles. The van der Waals surface area contributed by atoms with Crippen LogP contribution in [0.2, 0.25) is 0 Å². The standard InChI is InChI=1S/C18H26N6O/c1-4-12-9-20-24-16(12)21-15-6-8-19-7-5-14(15)17(24)23-10-13(11-23)18(25)22(2)3/h9,13,19H,4-8,10-11H2,1-3H3. The van der Waals surface area contributed by atoms with Gasteiger partial charge in [-0.1, -0.05) is 6.92 Å². The lowest BCUT2D eigenvalue weighted by atomic mass is 9.97. The van der Waals surface area contributed by atoms with Crippen LogP contribution in [0.3, 0.4) is 0 Å². The van der Waals surface area contributed by atoms with Crippen LogP contribution in [-0.4, -0.2) is 65.7 Å². The summed E-state index contributed by atoms with van der Waals surface area (Å²) in [6.45, 7) is 5.59. The fourth-order valence-electron chi connectivity index (χ4n) is 3.86. The molecule has 0 saturated carbocycles. The summed E-state index contributed by atoms with van der Waals surface area (Å²) >= 11 is 0. The molecule has 134 valence electrons. The maximum atomic E-state index is 12.2. The van der Waals surface area contributed by atoms with Gasteiger partial charge in [0.05, 0.1) is 17.8 Å². The van der Waals surface area contributed by atoms with Gasteiger partial charge in [0.25, 0.3) is 0 Å². The monoisotopic (exact) mass is 342 g/mol. The first kappa shape index (κ1) is 16.3. The molecular formula is C18H26N6O. The fraction of sp³-hybridized carbons (Fsp3) is 0.611. The molecule has 7 nitrogen and oxygen atoms in total. The van der Waals surface area contributed by atoms with Crippen LogP contribution in [0.5, 0.6) is 0 Å². The molecule has 2 aromatic heterocycles. The molecular weight excluding hydrogens is 316 g/mol. The zero-order valence-corrected chi connectivity index (χ0v) is 15.2. The second kappa shape index (κ2) is 6.29. The summed E-state index contributed by atoms with van der Waals surface area (Å²) in [5, 5.41) is 8.10. The van der Waals surface area contributed by atoms with Crippen LogP contribution in [0.4, 0.5) is 5.82 Å². The third-order valence-corrected chi connectivity index (χ3v) is 5.32. The molecule has 0 radical (unpaired) electrons. The van der Waals surface area contributed by atoms with E-state index in [1.807, 2.05) is 24.8 Å². The minimum atomic E-state index is 0.0824. The van der Waals surface area contributed by atoms with Crippen molar-refractivity contribution in [2.24, 2.45) is 5.92 Å². The van der Waals surface area contributed by atoms with Crippen molar-refractivity contribution >= 4 is 17.4 Å². The Hall–Kier alpha value is -2.15. The molecule has 1 N–H and O–H groups in total. The first-order valence-electron chi connectivity index (χ1n) is 9.15. The molecule has 0 bridgehead atoms. The molecule has 0 unspecified atom stereocenters. The molecule has 25 heavy (non-hydrogen) atoms. The Labute approximate surface area is 148 Å². The molecule has 0 spiro atoms. The largest absolute Gasteiger partial charge is 0.354 e. The van der Waals surface area contributed by atoms with Gasteiger partial charge in [0, 0.05) is 51.3 Å². The lowest BCUT2D eigenvalue weighted by Crippen LogP contribution is -2.54. The summed E-state index contributed by atoms with van der Waals surface area (Å²) in [4.78, 5) is 21.2. The summed E-state index contributed by atoms with van der Waals surface area (Å²) in [7, 11) is 3.66. The van der Waals surface area contributed by atoms with Crippen molar-refractivity contribution in [2.45, 2.75) is 26.2 Å². The van der Waals surface area contributed by atoms with Crippen molar-refractivity contribution in [3.63, 3.8) is 0 Å². The average Bonchev–Trinajstić information content (AvgIpc) is 2.81. The van der Waals surface area contributed by atoms with Gasteiger partial charge in [-0.05, 0) is 19.4 Å². The van der Waals surface area contributed by atoms with E-state index in [0.29, 0.717) is 0 Å². The Morgan fingerprint density at radius 1 is 1.32 bits per heavy atom. The van der Waals surface area contributed by atoms with Crippen LogP contribution in [0.1, 0.15) is 23.7 Å². The van der Waals surface area contributed by atoms with E-state index in [9.17, 15) is 4.79 Å². The van der Waals surface area contributed by atoms with Gasteiger partial charge in [-0.3, -0.25) is 4.79 Å². The van der Waals surface area contributed by atoms with Gasteiger partial charge in [0.1, 0.15) is 5.82 Å². The van der Waals surface area contributed by atoms with Crippen molar-refractivity contribution in [1.29, 1.82) is 0 Å². The van der Waals surface area contributed by atoms with Crippen LogP contribution in [0, 0.1) is 5.92 Å². The summed E-state index contributed by atoms with van der Waals surface area (Å²) < 4.78 is 2.00. The number of nitrogens with zero attached hydrogens (tertiary/aromatic N) is 5. The Morgan fingerprint density at radius 2 is 2.08 bits per heavy atom. The summed E-state index contributed by atoms with van der Waals surface area (Å²) in [5.74, 6) is 1.44.